The van der Waals surface area contributed by atoms with Gasteiger partial charge in [0.15, 0.2) is 5.65 Å². The minimum absolute atomic E-state index is 0.0592. The Morgan fingerprint density at radius 2 is 1.93 bits per heavy atom. The van der Waals surface area contributed by atoms with Crippen molar-refractivity contribution < 1.29 is 9.18 Å². The smallest absolute Gasteiger partial charge is 0.231 e. The highest BCUT2D eigenvalue weighted by atomic mass is 35.5. The lowest BCUT2D eigenvalue weighted by Crippen LogP contribution is -2.36. The Hall–Kier alpha value is -2.67. The number of nitrogens with zero attached hydrogens (tertiary/aromatic N) is 5. The molecule has 0 spiro atoms. The zero-order valence-corrected chi connectivity index (χ0v) is 15.4. The monoisotopic (exact) mass is 387 g/mol. The number of carbonyl (C=O) groups is 1. The molecule has 0 saturated carbocycles. The molecular weight excluding hydrogens is 369 g/mol. The Balaban J connectivity index is 1.46. The minimum Gasteiger partial charge on any atom is -0.341 e. The maximum Gasteiger partial charge on any atom is 0.231 e. The number of pyridine rings is 1. The number of aromatic nitrogens is 3. The predicted octanol–water partition coefficient (Wildman–Crippen LogP) is 2.80. The van der Waals surface area contributed by atoms with Crippen LogP contribution in [0.25, 0.3) is 5.65 Å². The van der Waals surface area contributed by atoms with Gasteiger partial charge in [0.1, 0.15) is 5.82 Å². The van der Waals surface area contributed by atoms with Gasteiger partial charge >= 0.3 is 0 Å². The van der Waals surface area contributed by atoms with Gasteiger partial charge in [-0.2, -0.15) is 0 Å². The molecule has 1 aromatic carbocycles. The number of benzene rings is 1. The van der Waals surface area contributed by atoms with Crippen molar-refractivity contribution in [1.29, 1.82) is 0 Å². The van der Waals surface area contributed by atoms with E-state index in [1.54, 1.807) is 35.4 Å². The average Bonchev–Trinajstić information content (AvgIpc) is 2.91. The van der Waals surface area contributed by atoms with Crippen molar-refractivity contribution in [2.24, 2.45) is 0 Å². The van der Waals surface area contributed by atoms with E-state index in [9.17, 15) is 9.18 Å². The second kappa shape index (κ2) is 7.52. The molecular formula is C19H19ClFN5O. The Kier molecular flexibility index (Phi) is 4.94. The molecule has 3 heterocycles. The molecule has 140 valence electrons. The summed E-state index contributed by atoms with van der Waals surface area (Å²) >= 11 is 6.09. The molecule has 6 nitrogen and oxygen atoms in total. The molecule has 0 atom stereocenters. The fraction of sp³-hybridized carbons (Fsp3) is 0.316. The van der Waals surface area contributed by atoms with Crippen molar-refractivity contribution in [3.63, 3.8) is 0 Å². The third-order valence-corrected chi connectivity index (χ3v) is 5.00. The molecule has 0 radical (unpaired) electrons. The van der Waals surface area contributed by atoms with Crippen LogP contribution >= 0.6 is 11.6 Å². The molecule has 0 bridgehead atoms. The van der Waals surface area contributed by atoms with Crippen molar-refractivity contribution in [2.45, 2.75) is 12.8 Å². The molecule has 27 heavy (non-hydrogen) atoms. The summed E-state index contributed by atoms with van der Waals surface area (Å²) in [6.07, 6.45) is 2.67. The van der Waals surface area contributed by atoms with Gasteiger partial charge in [0, 0.05) is 32.4 Å². The normalized spacial score (nSPS) is 15.2. The van der Waals surface area contributed by atoms with Gasteiger partial charge in [-0.25, -0.2) is 4.39 Å². The summed E-state index contributed by atoms with van der Waals surface area (Å²) in [5, 5.41) is 9.07. The van der Waals surface area contributed by atoms with Crippen LogP contribution in [-0.2, 0) is 11.2 Å². The van der Waals surface area contributed by atoms with Gasteiger partial charge in [-0.05, 0) is 30.2 Å². The highest BCUT2D eigenvalue weighted by Crippen LogP contribution is 2.19. The van der Waals surface area contributed by atoms with Crippen LogP contribution in [0, 0.1) is 5.82 Å². The summed E-state index contributed by atoms with van der Waals surface area (Å²) < 4.78 is 15.7. The Morgan fingerprint density at radius 3 is 2.78 bits per heavy atom. The number of amides is 1. The highest BCUT2D eigenvalue weighted by Gasteiger charge is 2.22. The molecule has 2 aromatic heterocycles. The third-order valence-electron chi connectivity index (χ3n) is 4.78. The average molecular weight is 388 g/mol. The SMILES string of the molecule is O=C(Cc1ccccc1F)N1CCCN(c2nnc3ccc(Cl)cn23)CC1. The third kappa shape index (κ3) is 3.73. The second-order valence-electron chi connectivity index (χ2n) is 6.57. The Bertz CT molecular complexity index is 976. The summed E-state index contributed by atoms with van der Waals surface area (Å²) in [6, 6.07) is 10.0. The van der Waals surface area contributed by atoms with Gasteiger partial charge in [0.25, 0.3) is 0 Å². The molecule has 1 amide bonds. The van der Waals surface area contributed by atoms with E-state index in [4.69, 9.17) is 11.6 Å². The van der Waals surface area contributed by atoms with E-state index in [0.29, 0.717) is 30.2 Å². The topological polar surface area (TPSA) is 53.7 Å². The molecule has 0 unspecified atom stereocenters. The number of hydrogen-bond acceptors (Lipinski definition) is 4. The van der Waals surface area contributed by atoms with E-state index < -0.39 is 0 Å². The van der Waals surface area contributed by atoms with Gasteiger partial charge in [-0.1, -0.05) is 29.8 Å². The molecule has 0 N–H and O–H groups in total. The first-order valence-corrected chi connectivity index (χ1v) is 9.26. The van der Waals surface area contributed by atoms with Crippen LogP contribution in [0.5, 0.6) is 0 Å². The zero-order valence-electron chi connectivity index (χ0n) is 14.7. The first-order chi connectivity index (χ1) is 13.1. The van der Waals surface area contributed by atoms with E-state index in [0.717, 1.165) is 24.6 Å². The maximum absolute atomic E-state index is 13.8. The van der Waals surface area contributed by atoms with Gasteiger partial charge in [-0.3, -0.25) is 9.20 Å². The van der Waals surface area contributed by atoms with Gasteiger partial charge < -0.3 is 9.80 Å². The van der Waals surface area contributed by atoms with Crippen molar-refractivity contribution in [1.82, 2.24) is 19.5 Å². The summed E-state index contributed by atoms with van der Waals surface area (Å²) in [6.45, 7) is 2.59. The fourth-order valence-electron chi connectivity index (χ4n) is 3.35. The molecule has 1 aliphatic heterocycles. The van der Waals surface area contributed by atoms with Crippen LogP contribution < -0.4 is 4.90 Å². The molecule has 1 fully saturated rings. The lowest BCUT2D eigenvalue weighted by atomic mass is 10.1. The van der Waals surface area contributed by atoms with E-state index in [-0.39, 0.29) is 18.1 Å². The predicted molar refractivity (Wildman–Crippen MR) is 102 cm³/mol. The number of halogens is 2. The van der Waals surface area contributed by atoms with Gasteiger partial charge in [0.2, 0.25) is 11.9 Å². The van der Waals surface area contributed by atoms with Crippen molar-refractivity contribution in [2.75, 3.05) is 31.1 Å². The lowest BCUT2D eigenvalue weighted by molar-refractivity contribution is -0.130. The van der Waals surface area contributed by atoms with E-state index in [2.05, 4.69) is 15.1 Å². The van der Waals surface area contributed by atoms with Crippen LogP contribution in [0.15, 0.2) is 42.6 Å². The first-order valence-electron chi connectivity index (χ1n) is 8.88. The largest absolute Gasteiger partial charge is 0.341 e. The van der Waals surface area contributed by atoms with Crippen LogP contribution in [0.2, 0.25) is 5.02 Å². The van der Waals surface area contributed by atoms with Crippen molar-refractivity contribution >= 4 is 29.1 Å². The molecule has 3 aromatic rings. The summed E-state index contributed by atoms with van der Waals surface area (Å²) in [5.74, 6) is 0.320. The highest BCUT2D eigenvalue weighted by molar-refractivity contribution is 6.30. The molecule has 1 aliphatic rings. The Labute approximate surface area is 161 Å². The van der Waals surface area contributed by atoms with Crippen LogP contribution in [0.4, 0.5) is 10.3 Å². The quantitative estimate of drug-likeness (QED) is 0.693. The number of hydrogen-bond donors (Lipinski definition) is 0. The minimum atomic E-state index is -0.339. The zero-order chi connectivity index (χ0) is 18.8. The second-order valence-corrected chi connectivity index (χ2v) is 7.00. The van der Waals surface area contributed by atoms with Crippen LogP contribution in [0.1, 0.15) is 12.0 Å². The standard InChI is InChI=1S/C19H19ClFN5O/c20-15-6-7-17-22-23-19(26(17)13-15)25-9-3-8-24(10-11-25)18(27)12-14-4-1-2-5-16(14)21/h1-2,4-7,13H,3,8-12H2. The first kappa shape index (κ1) is 17.7. The van der Waals surface area contributed by atoms with Crippen LogP contribution in [0.3, 0.4) is 0 Å². The van der Waals surface area contributed by atoms with Crippen molar-refractivity contribution in [3.05, 3.63) is 59.0 Å². The van der Waals surface area contributed by atoms with Gasteiger partial charge in [-0.15, -0.1) is 10.2 Å². The number of fused-ring (bicyclic) bond motifs is 1. The van der Waals surface area contributed by atoms with Crippen LogP contribution in [-0.4, -0.2) is 51.6 Å². The van der Waals surface area contributed by atoms with E-state index >= 15 is 0 Å². The molecule has 0 aliphatic carbocycles. The Morgan fingerprint density at radius 1 is 1.07 bits per heavy atom. The van der Waals surface area contributed by atoms with E-state index in [1.807, 2.05) is 10.5 Å². The fourth-order valence-corrected chi connectivity index (χ4v) is 3.51. The number of rotatable bonds is 3. The van der Waals surface area contributed by atoms with E-state index in [1.165, 1.54) is 6.07 Å². The maximum atomic E-state index is 13.8. The molecule has 4 rings (SSSR count). The van der Waals surface area contributed by atoms with Gasteiger partial charge in [0.05, 0.1) is 11.4 Å². The molecule has 8 heteroatoms. The summed E-state index contributed by atoms with van der Waals surface area (Å²) in [4.78, 5) is 16.5. The van der Waals surface area contributed by atoms with Crippen molar-refractivity contribution in [3.8, 4) is 0 Å². The number of carbonyl (C=O) groups excluding carboxylic acids is 1. The molecule has 1 saturated heterocycles. The lowest BCUT2D eigenvalue weighted by Gasteiger charge is -2.22. The summed E-state index contributed by atoms with van der Waals surface area (Å²) in [7, 11) is 0. The summed E-state index contributed by atoms with van der Waals surface area (Å²) in [5.41, 5.74) is 1.16. The number of anilines is 1.